The van der Waals surface area contributed by atoms with Crippen molar-refractivity contribution in [3.63, 3.8) is 0 Å². The van der Waals surface area contributed by atoms with E-state index in [1.165, 1.54) is 0 Å². The van der Waals surface area contributed by atoms with Gasteiger partial charge in [0.15, 0.2) is 0 Å². The molecule has 0 spiro atoms. The van der Waals surface area contributed by atoms with E-state index in [2.05, 4.69) is 35.6 Å². The van der Waals surface area contributed by atoms with E-state index in [0.717, 1.165) is 37.6 Å². The van der Waals surface area contributed by atoms with Crippen molar-refractivity contribution in [2.75, 3.05) is 36.8 Å². The molecule has 17 heavy (non-hydrogen) atoms. The van der Waals surface area contributed by atoms with Crippen LogP contribution in [0.25, 0.3) is 0 Å². The summed E-state index contributed by atoms with van der Waals surface area (Å²) in [4.78, 5) is 9.02. The van der Waals surface area contributed by atoms with Crippen molar-refractivity contribution in [1.29, 1.82) is 0 Å². The van der Waals surface area contributed by atoms with Crippen LogP contribution in [0, 0.1) is 0 Å². The minimum atomic E-state index is 0.264. The first-order chi connectivity index (χ1) is 7.97. The number of nitrogens with zero attached hydrogens (tertiary/aromatic N) is 3. The topological polar surface area (TPSA) is 45.4 Å². The number of piperazine rings is 1. The molecule has 0 bridgehead atoms. The summed E-state index contributed by atoms with van der Waals surface area (Å²) in [5, 5.41) is 0. The summed E-state index contributed by atoms with van der Waals surface area (Å²) in [6, 6.07) is 2.00. The molecule has 0 radical (unpaired) electrons. The van der Waals surface area contributed by atoms with E-state index < -0.39 is 0 Å². The molecule has 1 aromatic rings. The van der Waals surface area contributed by atoms with Gasteiger partial charge in [-0.3, -0.25) is 9.88 Å². The van der Waals surface area contributed by atoms with E-state index in [9.17, 15) is 0 Å². The summed E-state index contributed by atoms with van der Waals surface area (Å²) >= 11 is 0. The second-order valence-corrected chi connectivity index (χ2v) is 5.62. The second kappa shape index (κ2) is 4.53. The number of nitrogens with two attached hydrogens (primary N) is 1. The highest BCUT2D eigenvalue weighted by Crippen LogP contribution is 2.21. The van der Waals surface area contributed by atoms with Gasteiger partial charge in [0.25, 0.3) is 0 Å². The Bertz CT molecular complexity index is 375. The Labute approximate surface area is 103 Å². The number of anilines is 2. The summed E-state index contributed by atoms with van der Waals surface area (Å²) in [5.41, 5.74) is 7.90. The zero-order valence-corrected chi connectivity index (χ0v) is 11.0. The van der Waals surface area contributed by atoms with Gasteiger partial charge in [0, 0.05) is 37.9 Å². The van der Waals surface area contributed by atoms with Crippen LogP contribution in [-0.2, 0) is 0 Å². The molecule has 2 rings (SSSR count). The summed E-state index contributed by atoms with van der Waals surface area (Å²) in [6.45, 7) is 11.1. The standard InChI is InChI=1S/C13H22N4/c1-13(2,3)17-6-4-16(5-7-17)12-8-11(14)9-15-10-12/h8-10H,4-7,14H2,1-3H3. The third kappa shape index (κ3) is 2.88. The van der Waals surface area contributed by atoms with Gasteiger partial charge in [0.2, 0.25) is 0 Å². The molecule has 2 N–H and O–H groups in total. The molecule has 1 aliphatic heterocycles. The zero-order chi connectivity index (χ0) is 12.5. The van der Waals surface area contributed by atoms with E-state index in [4.69, 9.17) is 5.73 Å². The van der Waals surface area contributed by atoms with Crippen molar-refractivity contribution in [1.82, 2.24) is 9.88 Å². The lowest BCUT2D eigenvalue weighted by molar-refractivity contribution is 0.128. The Balaban J connectivity index is 2.00. The maximum Gasteiger partial charge on any atom is 0.0574 e. The highest BCUT2D eigenvalue weighted by molar-refractivity contribution is 5.53. The average Bonchev–Trinajstić information content (AvgIpc) is 2.28. The fourth-order valence-corrected chi connectivity index (χ4v) is 2.25. The van der Waals surface area contributed by atoms with Crippen LogP contribution in [0.1, 0.15) is 20.8 Å². The molecule has 0 saturated carbocycles. The summed E-state index contributed by atoms with van der Waals surface area (Å²) in [5.74, 6) is 0. The largest absolute Gasteiger partial charge is 0.397 e. The third-order valence-electron chi connectivity index (χ3n) is 3.34. The average molecular weight is 234 g/mol. The fourth-order valence-electron chi connectivity index (χ4n) is 2.25. The van der Waals surface area contributed by atoms with Crippen molar-refractivity contribution in [2.45, 2.75) is 26.3 Å². The van der Waals surface area contributed by atoms with Crippen LogP contribution in [0.5, 0.6) is 0 Å². The molecule has 1 saturated heterocycles. The lowest BCUT2D eigenvalue weighted by atomic mass is 10.0. The number of hydrogen-bond acceptors (Lipinski definition) is 4. The molecule has 1 fully saturated rings. The predicted molar refractivity (Wildman–Crippen MR) is 72.2 cm³/mol. The van der Waals surface area contributed by atoms with Gasteiger partial charge in [0.05, 0.1) is 17.6 Å². The van der Waals surface area contributed by atoms with E-state index in [-0.39, 0.29) is 5.54 Å². The molecule has 0 aromatic carbocycles. The Morgan fingerprint density at radius 3 is 2.29 bits per heavy atom. The molecule has 0 unspecified atom stereocenters. The molecular formula is C13H22N4. The minimum Gasteiger partial charge on any atom is -0.397 e. The molecule has 4 heteroatoms. The van der Waals surface area contributed by atoms with Gasteiger partial charge in [-0.25, -0.2) is 0 Å². The monoisotopic (exact) mass is 234 g/mol. The van der Waals surface area contributed by atoms with Gasteiger partial charge in [-0.2, -0.15) is 0 Å². The van der Waals surface area contributed by atoms with E-state index in [0.29, 0.717) is 0 Å². The van der Waals surface area contributed by atoms with Gasteiger partial charge in [0.1, 0.15) is 0 Å². The molecule has 1 aliphatic rings. The van der Waals surface area contributed by atoms with Crippen LogP contribution >= 0.6 is 0 Å². The lowest BCUT2D eigenvalue weighted by Crippen LogP contribution is -2.53. The molecular weight excluding hydrogens is 212 g/mol. The Morgan fingerprint density at radius 1 is 1.12 bits per heavy atom. The fraction of sp³-hybridized carbons (Fsp3) is 0.615. The molecule has 2 heterocycles. The van der Waals surface area contributed by atoms with Gasteiger partial charge in [-0.1, -0.05) is 0 Å². The van der Waals surface area contributed by atoms with Gasteiger partial charge < -0.3 is 10.6 Å². The van der Waals surface area contributed by atoms with Crippen molar-refractivity contribution < 1.29 is 0 Å². The first-order valence-electron chi connectivity index (χ1n) is 6.17. The Kier molecular flexibility index (Phi) is 3.24. The second-order valence-electron chi connectivity index (χ2n) is 5.62. The lowest BCUT2D eigenvalue weighted by Gasteiger charge is -2.43. The first-order valence-corrected chi connectivity index (χ1v) is 6.17. The van der Waals surface area contributed by atoms with Crippen LogP contribution < -0.4 is 10.6 Å². The number of rotatable bonds is 1. The van der Waals surface area contributed by atoms with Crippen LogP contribution in [0.2, 0.25) is 0 Å². The molecule has 0 amide bonds. The number of aromatic nitrogens is 1. The number of pyridine rings is 1. The van der Waals surface area contributed by atoms with Crippen LogP contribution in [0.4, 0.5) is 11.4 Å². The highest BCUT2D eigenvalue weighted by atomic mass is 15.3. The summed E-state index contributed by atoms with van der Waals surface area (Å²) in [7, 11) is 0. The van der Waals surface area contributed by atoms with Crippen molar-refractivity contribution in [3.05, 3.63) is 18.5 Å². The van der Waals surface area contributed by atoms with Crippen molar-refractivity contribution in [2.24, 2.45) is 0 Å². The summed E-state index contributed by atoms with van der Waals surface area (Å²) < 4.78 is 0. The Morgan fingerprint density at radius 2 is 1.76 bits per heavy atom. The first kappa shape index (κ1) is 12.2. The Hall–Kier alpha value is -1.29. The van der Waals surface area contributed by atoms with Gasteiger partial charge in [-0.15, -0.1) is 0 Å². The van der Waals surface area contributed by atoms with Crippen LogP contribution in [-0.4, -0.2) is 41.6 Å². The quantitative estimate of drug-likeness (QED) is 0.801. The third-order valence-corrected chi connectivity index (χ3v) is 3.34. The predicted octanol–water partition coefficient (Wildman–Crippen LogP) is 1.58. The molecule has 94 valence electrons. The number of nitrogen functional groups attached to an aromatic ring is 1. The number of hydrogen-bond donors (Lipinski definition) is 1. The highest BCUT2D eigenvalue weighted by Gasteiger charge is 2.25. The maximum atomic E-state index is 5.76. The molecule has 0 aliphatic carbocycles. The van der Waals surface area contributed by atoms with Crippen LogP contribution in [0.15, 0.2) is 18.5 Å². The van der Waals surface area contributed by atoms with Gasteiger partial charge in [-0.05, 0) is 26.8 Å². The SMILES string of the molecule is CC(C)(C)N1CCN(c2cncc(N)c2)CC1. The van der Waals surface area contributed by atoms with E-state index >= 15 is 0 Å². The van der Waals surface area contributed by atoms with Crippen molar-refractivity contribution >= 4 is 11.4 Å². The smallest absolute Gasteiger partial charge is 0.0574 e. The van der Waals surface area contributed by atoms with Crippen LogP contribution in [0.3, 0.4) is 0 Å². The van der Waals surface area contributed by atoms with E-state index in [1.807, 2.05) is 12.3 Å². The molecule has 0 atom stereocenters. The minimum absolute atomic E-state index is 0.264. The zero-order valence-electron chi connectivity index (χ0n) is 11.0. The molecule has 4 nitrogen and oxygen atoms in total. The normalized spacial score (nSPS) is 18.4. The van der Waals surface area contributed by atoms with Gasteiger partial charge >= 0.3 is 0 Å². The van der Waals surface area contributed by atoms with Crippen molar-refractivity contribution in [3.8, 4) is 0 Å². The maximum absolute atomic E-state index is 5.76. The molecule has 1 aromatic heterocycles. The van der Waals surface area contributed by atoms with E-state index in [1.54, 1.807) is 6.20 Å². The summed E-state index contributed by atoms with van der Waals surface area (Å²) in [6.07, 6.45) is 3.58.